The van der Waals surface area contributed by atoms with Gasteiger partial charge in [0.1, 0.15) is 6.61 Å². The number of primary amides is 1. The summed E-state index contributed by atoms with van der Waals surface area (Å²) in [5, 5.41) is 1.74. The minimum absolute atomic E-state index is 0.207. The van der Waals surface area contributed by atoms with Crippen LogP contribution in [0, 0.1) is 0 Å². The van der Waals surface area contributed by atoms with Crippen LogP contribution in [-0.2, 0) is 14.3 Å². The van der Waals surface area contributed by atoms with Crippen molar-refractivity contribution in [1.29, 1.82) is 0 Å². The van der Waals surface area contributed by atoms with E-state index in [-0.39, 0.29) is 12.6 Å². The van der Waals surface area contributed by atoms with Gasteiger partial charge in [-0.3, -0.25) is 4.84 Å². The number of amides is 1. The van der Waals surface area contributed by atoms with Crippen molar-refractivity contribution >= 4 is 6.09 Å². The first-order valence-electron chi connectivity index (χ1n) is 5.47. The molecule has 0 rings (SSSR count). The molecule has 0 aromatic rings. The lowest BCUT2D eigenvalue weighted by atomic mass is 10.4. The second-order valence-electron chi connectivity index (χ2n) is 3.43. The highest BCUT2D eigenvalue weighted by Crippen LogP contribution is 1.99. The minimum Gasteiger partial charge on any atom is -0.448 e. The zero-order chi connectivity index (χ0) is 12.4. The standard InChI is InChI=1S/C10H22N2O4/c1-4-14-7-8-16-12(9(2)3)5-6-15-10(11)13/h9H,4-8H2,1-3H3,(H2,11,13). The topological polar surface area (TPSA) is 74.0 Å². The molecule has 0 bridgehead atoms. The molecule has 6 nitrogen and oxygen atoms in total. The highest BCUT2D eigenvalue weighted by atomic mass is 16.7. The molecule has 0 saturated heterocycles. The van der Waals surface area contributed by atoms with Gasteiger partial charge in [-0.15, -0.1) is 0 Å². The second-order valence-corrected chi connectivity index (χ2v) is 3.43. The molecule has 0 aromatic carbocycles. The lowest BCUT2D eigenvalue weighted by molar-refractivity contribution is -0.191. The lowest BCUT2D eigenvalue weighted by Crippen LogP contribution is -2.36. The summed E-state index contributed by atoms with van der Waals surface area (Å²) in [6, 6.07) is 0.207. The van der Waals surface area contributed by atoms with Gasteiger partial charge in [0.25, 0.3) is 0 Å². The maximum Gasteiger partial charge on any atom is 0.404 e. The van der Waals surface area contributed by atoms with Gasteiger partial charge in [0.15, 0.2) is 0 Å². The van der Waals surface area contributed by atoms with Crippen LogP contribution in [0.1, 0.15) is 20.8 Å². The van der Waals surface area contributed by atoms with E-state index in [0.717, 1.165) is 0 Å². The van der Waals surface area contributed by atoms with Crippen molar-refractivity contribution in [2.45, 2.75) is 26.8 Å². The largest absolute Gasteiger partial charge is 0.448 e. The molecule has 0 unspecified atom stereocenters. The van der Waals surface area contributed by atoms with Crippen molar-refractivity contribution in [2.24, 2.45) is 5.73 Å². The molecule has 0 saturated carbocycles. The zero-order valence-electron chi connectivity index (χ0n) is 10.3. The van der Waals surface area contributed by atoms with Crippen molar-refractivity contribution in [3.8, 4) is 0 Å². The van der Waals surface area contributed by atoms with Crippen LogP contribution in [-0.4, -0.2) is 50.2 Å². The van der Waals surface area contributed by atoms with E-state index in [1.165, 1.54) is 0 Å². The van der Waals surface area contributed by atoms with E-state index in [1.54, 1.807) is 5.06 Å². The third-order valence-electron chi connectivity index (χ3n) is 1.82. The van der Waals surface area contributed by atoms with Gasteiger partial charge in [-0.2, -0.15) is 5.06 Å². The predicted octanol–water partition coefficient (Wildman–Crippen LogP) is 0.760. The number of hydroxylamine groups is 2. The van der Waals surface area contributed by atoms with Crippen LogP contribution in [0.2, 0.25) is 0 Å². The van der Waals surface area contributed by atoms with Crippen molar-refractivity contribution in [3.63, 3.8) is 0 Å². The summed E-state index contributed by atoms with van der Waals surface area (Å²) >= 11 is 0. The maximum absolute atomic E-state index is 10.4. The smallest absolute Gasteiger partial charge is 0.404 e. The van der Waals surface area contributed by atoms with E-state index in [2.05, 4.69) is 4.74 Å². The first-order valence-corrected chi connectivity index (χ1v) is 5.47. The average molecular weight is 234 g/mol. The molecule has 0 aliphatic rings. The van der Waals surface area contributed by atoms with Crippen molar-refractivity contribution in [1.82, 2.24) is 5.06 Å². The Morgan fingerprint density at radius 2 is 2.00 bits per heavy atom. The Bertz CT molecular complexity index is 188. The van der Waals surface area contributed by atoms with Gasteiger partial charge in [0, 0.05) is 12.6 Å². The summed E-state index contributed by atoms with van der Waals surface area (Å²) in [4.78, 5) is 15.8. The molecule has 0 aliphatic carbocycles. The van der Waals surface area contributed by atoms with E-state index < -0.39 is 6.09 Å². The second kappa shape index (κ2) is 9.38. The molecule has 0 fully saturated rings. The van der Waals surface area contributed by atoms with Crippen LogP contribution in [0.15, 0.2) is 0 Å². The number of hydrogen-bond donors (Lipinski definition) is 1. The normalized spacial score (nSPS) is 11.1. The van der Waals surface area contributed by atoms with E-state index >= 15 is 0 Å². The molecule has 2 N–H and O–H groups in total. The Balaban J connectivity index is 3.66. The van der Waals surface area contributed by atoms with Crippen molar-refractivity contribution in [2.75, 3.05) is 33.0 Å². The Hall–Kier alpha value is -0.850. The summed E-state index contributed by atoms with van der Waals surface area (Å²) in [6.45, 7) is 8.35. The molecule has 0 radical (unpaired) electrons. The predicted molar refractivity (Wildman–Crippen MR) is 59.8 cm³/mol. The molecule has 0 aliphatic heterocycles. The number of rotatable bonds is 9. The number of ether oxygens (including phenoxy) is 2. The van der Waals surface area contributed by atoms with Gasteiger partial charge < -0.3 is 15.2 Å². The van der Waals surface area contributed by atoms with Gasteiger partial charge in [-0.25, -0.2) is 4.79 Å². The van der Waals surface area contributed by atoms with Crippen LogP contribution < -0.4 is 5.73 Å². The van der Waals surface area contributed by atoms with Gasteiger partial charge in [-0.05, 0) is 20.8 Å². The van der Waals surface area contributed by atoms with Gasteiger partial charge in [0.05, 0.1) is 19.8 Å². The lowest BCUT2D eigenvalue weighted by Gasteiger charge is -2.25. The molecule has 0 heterocycles. The molecular weight excluding hydrogens is 212 g/mol. The van der Waals surface area contributed by atoms with Crippen LogP contribution in [0.5, 0.6) is 0 Å². The van der Waals surface area contributed by atoms with Gasteiger partial charge >= 0.3 is 6.09 Å². The highest BCUT2D eigenvalue weighted by Gasteiger charge is 2.10. The van der Waals surface area contributed by atoms with E-state index in [4.69, 9.17) is 15.3 Å². The van der Waals surface area contributed by atoms with E-state index in [0.29, 0.717) is 26.4 Å². The van der Waals surface area contributed by atoms with Crippen molar-refractivity contribution in [3.05, 3.63) is 0 Å². The Kier molecular flexibility index (Phi) is 8.88. The molecular formula is C10H22N2O4. The number of nitrogens with zero attached hydrogens (tertiary/aromatic N) is 1. The highest BCUT2D eigenvalue weighted by molar-refractivity contribution is 5.64. The summed E-state index contributed by atoms with van der Waals surface area (Å²) in [5.41, 5.74) is 4.85. The molecule has 0 aromatic heterocycles. The van der Waals surface area contributed by atoms with E-state index in [9.17, 15) is 4.79 Å². The summed E-state index contributed by atoms with van der Waals surface area (Å²) in [7, 11) is 0. The Morgan fingerprint density at radius 3 is 2.50 bits per heavy atom. The summed E-state index contributed by atoms with van der Waals surface area (Å²) in [6.07, 6.45) is -0.766. The fourth-order valence-electron chi connectivity index (χ4n) is 1.07. The monoisotopic (exact) mass is 234 g/mol. The Labute approximate surface area is 96.6 Å². The van der Waals surface area contributed by atoms with Crippen LogP contribution in [0.25, 0.3) is 0 Å². The SMILES string of the molecule is CCOCCON(CCOC(N)=O)C(C)C. The molecule has 6 heteroatoms. The van der Waals surface area contributed by atoms with Crippen LogP contribution in [0.3, 0.4) is 0 Å². The van der Waals surface area contributed by atoms with Gasteiger partial charge in [0.2, 0.25) is 0 Å². The zero-order valence-corrected chi connectivity index (χ0v) is 10.3. The molecule has 16 heavy (non-hydrogen) atoms. The Morgan fingerprint density at radius 1 is 1.31 bits per heavy atom. The fourth-order valence-corrected chi connectivity index (χ4v) is 1.07. The van der Waals surface area contributed by atoms with Crippen LogP contribution in [0.4, 0.5) is 4.79 Å². The minimum atomic E-state index is -0.766. The third kappa shape index (κ3) is 8.46. The molecule has 0 spiro atoms. The van der Waals surface area contributed by atoms with E-state index in [1.807, 2.05) is 20.8 Å². The quantitative estimate of drug-likeness (QED) is 0.471. The van der Waals surface area contributed by atoms with Crippen molar-refractivity contribution < 1.29 is 19.1 Å². The number of nitrogens with two attached hydrogens (primary N) is 1. The third-order valence-corrected chi connectivity index (χ3v) is 1.82. The number of carbonyl (C=O) groups is 1. The first kappa shape index (κ1) is 15.2. The number of carbonyl (C=O) groups excluding carboxylic acids is 1. The first-order chi connectivity index (χ1) is 7.57. The van der Waals surface area contributed by atoms with Crippen LogP contribution >= 0.6 is 0 Å². The summed E-state index contributed by atoms with van der Waals surface area (Å²) < 4.78 is 9.79. The molecule has 96 valence electrons. The molecule has 0 atom stereocenters. The number of hydrogen-bond acceptors (Lipinski definition) is 5. The summed E-state index contributed by atoms with van der Waals surface area (Å²) in [5.74, 6) is 0. The average Bonchev–Trinajstić information content (AvgIpc) is 2.20. The molecule has 1 amide bonds. The van der Waals surface area contributed by atoms with Gasteiger partial charge in [-0.1, -0.05) is 0 Å². The maximum atomic E-state index is 10.4. The fraction of sp³-hybridized carbons (Fsp3) is 0.900.